The van der Waals surface area contributed by atoms with E-state index in [4.69, 9.17) is 16.3 Å². The Morgan fingerprint density at radius 1 is 1.62 bits per heavy atom. The van der Waals surface area contributed by atoms with Crippen LogP contribution in [0.4, 0.5) is 0 Å². The maximum Gasteiger partial charge on any atom is 0.139 e. The van der Waals surface area contributed by atoms with Gasteiger partial charge < -0.3 is 4.74 Å². The fourth-order valence-corrected chi connectivity index (χ4v) is 1.03. The van der Waals surface area contributed by atoms with E-state index in [2.05, 4.69) is 24.5 Å². The van der Waals surface area contributed by atoms with Crippen molar-refractivity contribution in [3.05, 3.63) is 23.5 Å². The average Bonchev–Trinajstić information content (AvgIpc) is 2.14. The van der Waals surface area contributed by atoms with Crippen LogP contribution in [0.5, 0.6) is 5.75 Å². The van der Waals surface area contributed by atoms with Gasteiger partial charge in [-0.1, -0.05) is 18.5 Å². The predicted octanol–water partition coefficient (Wildman–Crippen LogP) is 2.68. The van der Waals surface area contributed by atoms with Gasteiger partial charge in [0.2, 0.25) is 0 Å². The van der Waals surface area contributed by atoms with Gasteiger partial charge in [0, 0.05) is 12.3 Å². The molecule has 0 N–H and O–H groups in total. The van der Waals surface area contributed by atoms with Crippen molar-refractivity contribution in [2.45, 2.75) is 6.92 Å². The Balaban J connectivity index is 2.45. The fourth-order valence-electron chi connectivity index (χ4n) is 0.762. The Hall–Kier alpha value is -0.410. The highest BCUT2D eigenvalue weighted by Crippen LogP contribution is 2.15. The Bertz CT molecular complexity index is 270. The number of hydrogen-bond donors (Lipinski definition) is 1. The zero-order valence-electron chi connectivity index (χ0n) is 7.40. The van der Waals surface area contributed by atoms with E-state index in [9.17, 15) is 0 Å². The monoisotopic (exact) mass is 217 g/mol. The number of aromatic nitrogens is 1. The normalized spacial score (nSPS) is 12.5. The standard InChI is InChI=1S/C9H12ClNOS/c1-7(6-13)5-12-9-2-8(10)3-11-4-9/h2-4,7,13H,5-6H2,1H3. The summed E-state index contributed by atoms with van der Waals surface area (Å²) in [6.07, 6.45) is 3.23. The molecule has 0 spiro atoms. The predicted molar refractivity (Wildman–Crippen MR) is 57.8 cm³/mol. The molecule has 0 aliphatic heterocycles. The minimum absolute atomic E-state index is 0.433. The molecule has 0 aliphatic rings. The van der Waals surface area contributed by atoms with Crippen LogP contribution >= 0.6 is 24.2 Å². The summed E-state index contributed by atoms with van der Waals surface area (Å²) >= 11 is 9.90. The Morgan fingerprint density at radius 3 is 3.00 bits per heavy atom. The van der Waals surface area contributed by atoms with E-state index < -0.39 is 0 Å². The molecule has 2 nitrogen and oxygen atoms in total. The third kappa shape index (κ3) is 3.87. The average molecular weight is 218 g/mol. The van der Waals surface area contributed by atoms with Crippen molar-refractivity contribution in [2.24, 2.45) is 5.92 Å². The minimum atomic E-state index is 0.433. The summed E-state index contributed by atoms with van der Waals surface area (Å²) in [6, 6.07) is 1.75. The molecule has 1 aromatic heterocycles. The lowest BCUT2D eigenvalue weighted by atomic mass is 10.2. The van der Waals surface area contributed by atoms with Crippen molar-refractivity contribution in [3.8, 4) is 5.75 Å². The topological polar surface area (TPSA) is 22.1 Å². The first-order valence-electron chi connectivity index (χ1n) is 4.06. The number of rotatable bonds is 4. The van der Waals surface area contributed by atoms with E-state index in [0.717, 1.165) is 5.75 Å². The molecule has 1 atom stereocenters. The summed E-state index contributed by atoms with van der Waals surface area (Å²) in [6.45, 7) is 2.72. The van der Waals surface area contributed by atoms with E-state index in [0.29, 0.717) is 23.3 Å². The minimum Gasteiger partial charge on any atom is -0.492 e. The van der Waals surface area contributed by atoms with Crippen LogP contribution in [0, 0.1) is 5.92 Å². The molecule has 1 rings (SSSR count). The molecule has 13 heavy (non-hydrogen) atoms. The Morgan fingerprint density at radius 2 is 2.38 bits per heavy atom. The first-order chi connectivity index (χ1) is 6.22. The van der Waals surface area contributed by atoms with Crippen molar-refractivity contribution in [2.75, 3.05) is 12.4 Å². The lowest BCUT2D eigenvalue weighted by molar-refractivity contribution is 0.273. The highest BCUT2D eigenvalue weighted by Gasteiger charge is 2.01. The van der Waals surface area contributed by atoms with Gasteiger partial charge in [-0.05, 0) is 11.7 Å². The SMILES string of the molecule is CC(CS)COc1cncc(Cl)c1. The van der Waals surface area contributed by atoms with Crippen LogP contribution in [0.2, 0.25) is 5.02 Å². The first kappa shape index (κ1) is 10.7. The van der Waals surface area contributed by atoms with E-state index in [1.807, 2.05) is 0 Å². The van der Waals surface area contributed by atoms with Gasteiger partial charge >= 0.3 is 0 Å². The van der Waals surface area contributed by atoms with Crippen molar-refractivity contribution >= 4 is 24.2 Å². The van der Waals surface area contributed by atoms with Gasteiger partial charge in [-0.2, -0.15) is 12.6 Å². The van der Waals surface area contributed by atoms with E-state index in [1.165, 1.54) is 0 Å². The summed E-state index contributed by atoms with van der Waals surface area (Å²) in [5, 5.41) is 0.594. The quantitative estimate of drug-likeness (QED) is 0.784. The van der Waals surface area contributed by atoms with Crippen LogP contribution in [0.3, 0.4) is 0 Å². The number of thiol groups is 1. The third-order valence-electron chi connectivity index (χ3n) is 1.53. The molecular weight excluding hydrogens is 206 g/mol. The largest absolute Gasteiger partial charge is 0.492 e. The summed E-state index contributed by atoms with van der Waals surface area (Å²) in [5.74, 6) is 1.96. The third-order valence-corrected chi connectivity index (χ3v) is 2.36. The van der Waals surface area contributed by atoms with Crippen molar-refractivity contribution in [3.63, 3.8) is 0 Å². The molecule has 0 aliphatic carbocycles. The zero-order chi connectivity index (χ0) is 9.68. The van der Waals surface area contributed by atoms with Crippen LogP contribution < -0.4 is 4.74 Å². The molecule has 0 radical (unpaired) electrons. The molecule has 0 amide bonds. The summed E-state index contributed by atoms with van der Waals surface area (Å²) in [5.41, 5.74) is 0. The lowest BCUT2D eigenvalue weighted by Crippen LogP contribution is -2.09. The van der Waals surface area contributed by atoms with Gasteiger partial charge in [0.05, 0.1) is 17.8 Å². The Labute approximate surface area is 88.7 Å². The summed E-state index contributed by atoms with van der Waals surface area (Å²) in [4.78, 5) is 3.91. The molecule has 0 fully saturated rings. The fraction of sp³-hybridized carbons (Fsp3) is 0.444. The second-order valence-electron chi connectivity index (χ2n) is 2.94. The number of pyridine rings is 1. The van der Waals surface area contributed by atoms with E-state index >= 15 is 0 Å². The van der Waals surface area contributed by atoms with Gasteiger partial charge in [0.25, 0.3) is 0 Å². The molecule has 0 aromatic carbocycles. The smallest absolute Gasteiger partial charge is 0.139 e. The van der Waals surface area contributed by atoms with Gasteiger partial charge in [0.15, 0.2) is 0 Å². The summed E-state index contributed by atoms with van der Waals surface area (Å²) < 4.78 is 5.44. The molecule has 1 heterocycles. The maximum absolute atomic E-state index is 5.74. The second-order valence-corrected chi connectivity index (χ2v) is 3.74. The molecule has 1 aromatic rings. The zero-order valence-corrected chi connectivity index (χ0v) is 9.05. The van der Waals surface area contributed by atoms with Crippen LogP contribution in [-0.4, -0.2) is 17.3 Å². The van der Waals surface area contributed by atoms with Crippen LogP contribution in [0.25, 0.3) is 0 Å². The number of ether oxygens (including phenoxy) is 1. The van der Waals surface area contributed by atoms with Crippen molar-refractivity contribution in [1.29, 1.82) is 0 Å². The number of halogens is 1. The van der Waals surface area contributed by atoms with Crippen molar-refractivity contribution < 1.29 is 4.74 Å². The number of hydrogen-bond acceptors (Lipinski definition) is 3. The van der Waals surface area contributed by atoms with E-state index in [-0.39, 0.29) is 0 Å². The first-order valence-corrected chi connectivity index (χ1v) is 5.07. The van der Waals surface area contributed by atoms with Gasteiger partial charge in [-0.15, -0.1) is 0 Å². The molecule has 72 valence electrons. The molecule has 4 heteroatoms. The molecule has 0 saturated heterocycles. The van der Waals surface area contributed by atoms with E-state index in [1.54, 1.807) is 18.5 Å². The van der Waals surface area contributed by atoms with Crippen LogP contribution in [0.1, 0.15) is 6.92 Å². The number of nitrogens with zero attached hydrogens (tertiary/aromatic N) is 1. The molecule has 0 bridgehead atoms. The van der Waals surface area contributed by atoms with Crippen molar-refractivity contribution in [1.82, 2.24) is 4.98 Å². The second kappa shape index (κ2) is 5.35. The van der Waals surface area contributed by atoms with Gasteiger partial charge in [-0.25, -0.2) is 0 Å². The molecular formula is C9H12ClNOS. The lowest BCUT2D eigenvalue weighted by Gasteiger charge is -2.09. The summed E-state index contributed by atoms with van der Waals surface area (Å²) in [7, 11) is 0. The highest BCUT2D eigenvalue weighted by atomic mass is 35.5. The van der Waals surface area contributed by atoms with Gasteiger partial charge in [0.1, 0.15) is 5.75 Å². The Kier molecular flexibility index (Phi) is 4.39. The maximum atomic E-state index is 5.74. The highest BCUT2D eigenvalue weighted by molar-refractivity contribution is 7.80. The molecule has 0 saturated carbocycles. The van der Waals surface area contributed by atoms with Gasteiger partial charge in [-0.3, -0.25) is 4.98 Å². The molecule has 1 unspecified atom stereocenters. The van der Waals surface area contributed by atoms with Crippen LogP contribution in [0.15, 0.2) is 18.5 Å². The van der Waals surface area contributed by atoms with Crippen LogP contribution in [-0.2, 0) is 0 Å².